The van der Waals surface area contributed by atoms with Crippen LogP contribution in [0.2, 0.25) is 0 Å². The summed E-state index contributed by atoms with van der Waals surface area (Å²) in [5.41, 5.74) is 0.844. The fraction of sp³-hybridized carbons (Fsp3) is 0.226. The summed E-state index contributed by atoms with van der Waals surface area (Å²) in [7, 11) is 0. The van der Waals surface area contributed by atoms with Crippen molar-refractivity contribution in [3.05, 3.63) is 74.6 Å². The summed E-state index contributed by atoms with van der Waals surface area (Å²) in [6, 6.07) is 1.73. The van der Waals surface area contributed by atoms with Gasteiger partial charge in [-0.15, -0.1) is 0 Å². The normalized spacial score (nSPS) is 16.6. The van der Waals surface area contributed by atoms with E-state index in [4.69, 9.17) is 0 Å². The summed E-state index contributed by atoms with van der Waals surface area (Å²) in [6.45, 7) is 7.24. The number of rotatable bonds is 2. The van der Waals surface area contributed by atoms with Gasteiger partial charge in [-0.25, -0.2) is 0 Å². The van der Waals surface area contributed by atoms with Crippen LogP contribution in [0.3, 0.4) is 0 Å². The minimum Gasteiger partial charge on any atom is -0.512 e. The quantitative estimate of drug-likeness (QED) is 0.127. The van der Waals surface area contributed by atoms with Crippen LogP contribution in [-0.4, -0.2) is 20.5 Å². The highest BCUT2D eigenvalue weighted by Crippen LogP contribution is 2.49. The fourth-order valence-corrected chi connectivity index (χ4v) is 7.33. The van der Waals surface area contributed by atoms with Crippen LogP contribution < -0.4 is 37.6 Å². The lowest BCUT2D eigenvalue weighted by molar-refractivity contribution is 0.222. The Bertz CT molecular complexity index is 2500. The molecule has 1 aliphatic carbocycles. The number of hydrogen-bond donors (Lipinski definition) is 5. The number of nitrogens with one attached hydrogen (secondary N) is 1. The molecule has 1 unspecified atom stereocenters. The molecule has 0 aromatic heterocycles. The SMILES string of the molecule is C/C(NO)=c1/c(=O)c2c(O)cc(=O)c3c4c(=O)cc(O)c5c(=O)c6c7c(c(C(C)C)c1c(c23)c7c54)C(C)CC=6O. The zero-order chi connectivity index (χ0) is 28.7. The van der Waals surface area contributed by atoms with Crippen LogP contribution >= 0.6 is 0 Å². The molecule has 0 aliphatic heterocycles. The molecule has 6 aromatic rings. The topological polar surface area (TPSA) is 161 Å². The van der Waals surface area contributed by atoms with Crippen molar-refractivity contribution in [1.82, 2.24) is 5.48 Å². The highest BCUT2D eigenvalue weighted by molar-refractivity contribution is 6.41. The predicted molar refractivity (Wildman–Crippen MR) is 154 cm³/mol. The van der Waals surface area contributed by atoms with Crippen molar-refractivity contribution in [3.8, 4) is 11.5 Å². The Morgan fingerprint density at radius 1 is 0.775 bits per heavy atom. The lowest BCUT2D eigenvalue weighted by Gasteiger charge is -2.30. The van der Waals surface area contributed by atoms with Gasteiger partial charge in [-0.1, -0.05) is 20.8 Å². The first-order valence-electron chi connectivity index (χ1n) is 12.9. The molecular weight excluding hydrogens is 514 g/mol. The Hall–Kier alpha value is -4.76. The number of benzene rings is 6. The van der Waals surface area contributed by atoms with Gasteiger partial charge in [0, 0.05) is 62.0 Å². The van der Waals surface area contributed by atoms with Gasteiger partial charge in [-0.3, -0.25) is 29.9 Å². The maximum absolute atomic E-state index is 14.2. The molecule has 1 atom stereocenters. The van der Waals surface area contributed by atoms with E-state index < -0.39 is 33.2 Å². The molecule has 40 heavy (non-hydrogen) atoms. The van der Waals surface area contributed by atoms with Crippen molar-refractivity contribution in [2.75, 3.05) is 0 Å². The molecule has 6 aromatic carbocycles. The predicted octanol–water partition coefficient (Wildman–Crippen LogP) is 2.46. The van der Waals surface area contributed by atoms with Gasteiger partial charge in [0.2, 0.25) is 5.43 Å². The lowest BCUT2D eigenvalue weighted by Crippen LogP contribution is -2.36. The molecule has 9 heteroatoms. The summed E-state index contributed by atoms with van der Waals surface area (Å²) in [4.78, 5) is 55.2. The average molecular weight is 538 g/mol. The Labute approximate surface area is 223 Å². The Morgan fingerprint density at radius 2 is 1.27 bits per heavy atom. The molecule has 0 spiro atoms. The van der Waals surface area contributed by atoms with Crippen molar-refractivity contribution in [1.29, 1.82) is 0 Å². The van der Waals surface area contributed by atoms with Crippen LogP contribution in [0.25, 0.3) is 65.3 Å². The van der Waals surface area contributed by atoms with Crippen molar-refractivity contribution < 1.29 is 20.5 Å². The third-order valence-corrected chi connectivity index (χ3v) is 8.68. The highest BCUT2D eigenvalue weighted by Gasteiger charge is 2.35. The van der Waals surface area contributed by atoms with Gasteiger partial charge in [0.1, 0.15) is 17.3 Å². The van der Waals surface area contributed by atoms with Crippen molar-refractivity contribution in [2.24, 2.45) is 0 Å². The van der Waals surface area contributed by atoms with E-state index in [1.165, 1.54) is 6.92 Å². The van der Waals surface area contributed by atoms with Gasteiger partial charge in [-0.05, 0) is 35.3 Å². The van der Waals surface area contributed by atoms with E-state index in [1.54, 1.807) is 0 Å². The van der Waals surface area contributed by atoms with E-state index in [9.17, 15) is 39.7 Å². The number of aromatic hydroxyl groups is 2. The zero-order valence-corrected chi connectivity index (χ0v) is 21.9. The van der Waals surface area contributed by atoms with Crippen molar-refractivity contribution >= 4 is 65.3 Å². The van der Waals surface area contributed by atoms with Gasteiger partial charge in [0.05, 0.1) is 21.2 Å². The molecule has 0 heterocycles. The van der Waals surface area contributed by atoms with Gasteiger partial charge < -0.3 is 15.3 Å². The Morgan fingerprint density at radius 3 is 1.80 bits per heavy atom. The average Bonchev–Trinajstić information content (AvgIpc) is 2.87. The fourth-order valence-electron chi connectivity index (χ4n) is 7.33. The van der Waals surface area contributed by atoms with Gasteiger partial charge >= 0.3 is 0 Å². The summed E-state index contributed by atoms with van der Waals surface area (Å²) in [5, 5.41) is 44.1. The Kier molecular flexibility index (Phi) is 4.53. The van der Waals surface area contributed by atoms with Crippen LogP contribution in [0.5, 0.6) is 11.5 Å². The first-order valence-corrected chi connectivity index (χ1v) is 12.9. The van der Waals surface area contributed by atoms with E-state index in [0.29, 0.717) is 32.7 Å². The van der Waals surface area contributed by atoms with Crippen LogP contribution in [0, 0.1) is 0 Å². The van der Waals surface area contributed by atoms with E-state index in [0.717, 1.165) is 12.1 Å². The monoisotopic (exact) mass is 537 g/mol. The molecular formula is C31H23NO8. The number of aliphatic hydroxyl groups excluding tert-OH is 1. The number of hydrogen-bond acceptors (Lipinski definition) is 9. The number of phenolic OH excluding ortho intramolecular Hbond substituents is 2. The summed E-state index contributed by atoms with van der Waals surface area (Å²) < 4.78 is 0. The number of phenols is 2. The largest absolute Gasteiger partial charge is 0.512 e. The van der Waals surface area contributed by atoms with Crippen LogP contribution in [0.15, 0.2) is 31.3 Å². The first-order chi connectivity index (χ1) is 18.9. The first kappa shape index (κ1) is 24.3. The van der Waals surface area contributed by atoms with Crippen molar-refractivity contribution in [2.45, 2.75) is 46.0 Å². The summed E-state index contributed by atoms with van der Waals surface area (Å²) in [6.07, 6.45) is 0.131. The van der Waals surface area contributed by atoms with E-state index in [-0.39, 0.29) is 72.5 Å². The van der Waals surface area contributed by atoms with Crippen LogP contribution in [0.1, 0.15) is 57.1 Å². The smallest absolute Gasteiger partial charge is 0.201 e. The molecule has 9 nitrogen and oxygen atoms in total. The second-order valence-electron chi connectivity index (χ2n) is 11.2. The molecule has 1 aliphatic rings. The maximum atomic E-state index is 14.2. The Balaban J connectivity index is 2.17. The van der Waals surface area contributed by atoms with Gasteiger partial charge in [0.15, 0.2) is 16.3 Å². The third-order valence-electron chi connectivity index (χ3n) is 8.68. The van der Waals surface area contributed by atoms with E-state index >= 15 is 0 Å². The molecule has 0 fully saturated rings. The third kappa shape index (κ3) is 2.51. The second-order valence-corrected chi connectivity index (χ2v) is 11.2. The van der Waals surface area contributed by atoms with Gasteiger partial charge in [0.25, 0.3) is 0 Å². The number of hydroxylamine groups is 1. The standard InChI is InChI=1S/C31H23NO8/c1-8(2)16-17-9(3)5-11(33)21-25(17)29-27-20(13(35)7-15(37)23(27)31(21)39)19-12(34)6-14(36)22-26(19)28(29)24(16)18(30(22)38)10(4)32-40/h6-9,32-33,36-37,40H,5H2,1-4H3/b18-10-. The van der Waals surface area contributed by atoms with Crippen molar-refractivity contribution in [3.63, 3.8) is 0 Å². The molecule has 0 saturated carbocycles. The van der Waals surface area contributed by atoms with Gasteiger partial charge in [-0.2, -0.15) is 0 Å². The van der Waals surface area contributed by atoms with E-state index in [1.807, 2.05) is 20.8 Å². The highest BCUT2D eigenvalue weighted by atomic mass is 16.5. The van der Waals surface area contributed by atoms with Crippen LogP contribution in [-0.2, 0) is 0 Å². The van der Waals surface area contributed by atoms with E-state index in [2.05, 4.69) is 5.48 Å². The molecule has 7 rings (SSSR count). The minimum absolute atomic E-state index is 0.00661. The molecule has 0 amide bonds. The summed E-state index contributed by atoms with van der Waals surface area (Å²) in [5.74, 6) is -1.84. The number of aliphatic hydroxyl groups is 1. The maximum Gasteiger partial charge on any atom is 0.201 e. The molecule has 200 valence electrons. The zero-order valence-electron chi connectivity index (χ0n) is 21.9. The second kappa shape index (κ2) is 7.45. The number of fused-ring (bicyclic) bond motifs is 1. The molecule has 0 saturated heterocycles. The minimum atomic E-state index is -0.719. The van der Waals surface area contributed by atoms with Crippen LogP contribution in [0.4, 0.5) is 0 Å². The molecule has 5 N–H and O–H groups in total. The summed E-state index contributed by atoms with van der Waals surface area (Å²) >= 11 is 0. The molecule has 0 bridgehead atoms. The molecule has 0 radical (unpaired) electrons. The lowest BCUT2D eigenvalue weighted by atomic mass is 9.73.